The van der Waals surface area contributed by atoms with Crippen molar-refractivity contribution in [3.05, 3.63) is 18.4 Å². The molecule has 12 heavy (non-hydrogen) atoms. The molecule has 1 aliphatic rings. The molecule has 0 radical (unpaired) electrons. The van der Waals surface area contributed by atoms with Gasteiger partial charge in [-0.25, -0.2) is 4.98 Å². The van der Waals surface area contributed by atoms with Gasteiger partial charge in [0.1, 0.15) is 6.26 Å². The molecule has 1 heterocycles. The fourth-order valence-corrected chi connectivity index (χ4v) is 2.09. The Bertz CT molecular complexity index is 230. The first-order valence-electron chi connectivity index (χ1n) is 4.75. The Hall–Kier alpha value is -0.790. The van der Waals surface area contributed by atoms with Crippen molar-refractivity contribution in [3.8, 4) is 0 Å². The second kappa shape index (κ2) is 3.30. The Morgan fingerprint density at radius 2 is 2.42 bits per heavy atom. The topological polar surface area (TPSA) is 26.0 Å². The molecule has 2 nitrogen and oxygen atoms in total. The zero-order valence-corrected chi connectivity index (χ0v) is 7.49. The van der Waals surface area contributed by atoms with Gasteiger partial charge in [0, 0.05) is 5.92 Å². The lowest BCUT2D eigenvalue weighted by molar-refractivity contribution is 0.302. The highest BCUT2D eigenvalue weighted by Crippen LogP contribution is 2.34. The van der Waals surface area contributed by atoms with E-state index in [2.05, 4.69) is 11.9 Å². The zero-order chi connectivity index (χ0) is 8.39. The summed E-state index contributed by atoms with van der Waals surface area (Å²) >= 11 is 0. The minimum atomic E-state index is 0.587. The molecule has 1 aromatic rings. The van der Waals surface area contributed by atoms with Crippen LogP contribution >= 0.6 is 0 Å². The van der Waals surface area contributed by atoms with Crippen LogP contribution in [-0.2, 0) is 0 Å². The minimum absolute atomic E-state index is 0.587. The first-order chi connectivity index (χ1) is 5.86. The molecule has 0 saturated heterocycles. The third-order valence-corrected chi connectivity index (χ3v) is 2.74. The molecule has 0 spiro atoms. The van der Waals surface area contributed by atoms with Crippen molar-refractivity contribution in [3.63, 3.8) is 0 Å². The lowest BCUT2D eigenvalue weighted by atomic mass is 9.82. The highest BCUT2D eigenvalue weighted by Gasteiger charge is 2.22. The van der Waals surface area contributed by atoms with Crippen molar-refractivity contribution >= 4 is 0 Å². The average molecular weight is 165 g/mol. The molecular weight excluding hydrogens is 150 g/mol. The summed E-state index contributed by atoms with van der Waals surface area (Å²) in [6.45, 7) is 2.31. The predicted molar refractivity (Wildman–Crippen MR) is 46.9 cm³/mol. The summed E-state index contributed by atoms with van der Waals surface area (Å²) in [6, 6.07) is 0. The van der Waals surface area contributed by atoms with E-state index in [-0.39, 0.29) is 0 Å². The SMILES string of the molecule is CC1CCCC(c2ncco2)C1. The maximum absolute atomic E-state index is 5.31. The monoisotopic (exact) mass is 165 g/mol. The molecule has 1 saturated carbocycles. The van der Waals surface area contributed by atoms with Gasteiger partial charge in [-0.15, -0.1) is 0 Å². The van der Waals surface area contributed by atoms with Gasteiger partial charge in [0.25, 0.3) is 0 Å². The Kier molecular flexibility index (Phi) is 2.15. The second-order valence-electron chi connectivity index (χ2n) is 3.84. The number of rotatable bonds is 1. The van der Waals surface area contributed by atoms with E-state index >= 15 is 0 Å². The van der Waals surface area contributed by atoms with E-state index < -0.39 is 0 Å². The van der Waals surface area contributed by atoms with Crippen molar-refractivity contribution in [2.45, 2.75) is 38.5 Å². The van der Waals surface area contributed by atoms with Gasteiger partial charge in [-0.1, -0.05) is 19.8 Å². The quantitative estimate of drug-likeness (QED) is 0.639. The molecule has 1 aromatic heterocycles. The highest BCUT2D eigenvalue weighted by molar-refractivity contribution is 4.94. The minimum Gasteiger partial charge on any atom is -0.449 e. The van der Waals surface area contributed by atoms with Crippen molar-refractivity contribution in [1.29, 1.82) is 0 Å². The number of hydrogen-bond acceptors (Lipinski definition) is 2. The molecule has 1 fully saturated rings. The Morgan fingerprint density at radius 3 is 3.08 bits per heavy atom. The van der Waals surface area contributed by atoms with Crippen molar-refractivity contribution < 1.29 is 4.42 Å². The number of nitrogens with zero attached hydrogens (tertiary/aromatic N) is 1. The van der Waals surface area contributed by atoms with E-state index in [1.807, 2.05) is 0 Å². The third kappa shape index (κ3) is 1.52. The third-order valence-electron chi connectivity index (χ3n) is 2.74. The van der Waals surface area contributed by atoms with E-state index in [4.69, 9.17) is 4.42 Å². The normalized spacial score (nSPS) is 30.4. The molecular formula is C10H15NO. The molecule has 2 heteroatoms. The maximum Gasteiger partial charge on any atom is 0.197 e. The number of hydrogen-bond donors (Lipinski definition) is 0. The predicted octanol–water partition coefficient (Wildman–Crippen LogP) is 2.97. The van der Waals surface area contributed by atoms with Crippen molar-refractivity contribution in [2.24, 2.45) is 5.92 Å². The first-order valence-corrected chi connectivity index (χ1v) is 4.75. The molecule has 0 aliphatic heterocycles. The summed E-state index contributed by atoms with van der Waals surface area (Å²) in [6.07, 6.45) is 8.62. The second-order valence-corrected chi connectivity index (χ2v) is 3.84. The zero-order valence-electron chi connectivity index (χ0n) is 7.49. The standard InChI is InChI=1S/C10H15NO/c1-8-3-2-4-9(7-8)10-11-5-6-12-10/h5-6,8-9H,2-4,7H2,1H3. The average Bonchev–Trinajstić information content (AvgIpc) is 2.56. The van der Waals surface area contributed by atoms with Crippen LogP contribution in [0.5, 0.6) is 0 Å². The molecule has 2 rings (SSSR count). The Balaban J connectivity index is 2.04. The van der Waals surface area contributed by atoms with E-state index in [9.17, 15) is 0 Å². The fourth-order valence-electron chi connectivity index (χ4n) is 2.09. The summed E-state index contributed by atoms with van der Waals surface area (Å²) in [5.74, 6) is 2.38. The maximum atomic E-state index is 5.31. The van der Waals surface area contributed by atoms with Gasteiger partial charge in [-0.3, -0.25) is 0 Å². The summed E-state index contributed by atoms with van der Waals surface area (Å²) < 4.78 is 5.31. The van der Waals surface area contributed by atoms with E-state index in [0.29, 0.717) is 5.92 Å². The van der Waals surface area contributed by atoms with E-state index in [1.165, 1.54) is 25.7 Å². The Morgan fingerprint density at radius 1 is 1.50 bits per heavy atom. The van der Waals surface area contributed by atoms with Gasteiger partial charge in [-0.2, -0.15) is 0 Å². The molecule has 0 amide bonds. The lowest BCUT2D eigenvalue weighted by Crippen LogP contribution is -2.11. The van der Waals surface area contributed by atoms with E-state index in [1.54, 1.807) is 12.5 Å². The summed E-state index contributed by atoms with van der Waals surface area (Å²) in [7, 11) is 0. The van der Waals surface area contributed by atoms with Crippen LogP contribution in [-0.4, -0.2) is 4.98 Å². The molecule has 0 bridgehead atoms. The number of aromatic nitrogens is 1. The van der Waals surface area contributed by atoms with Crippen LogP contribution < -0.4 is 0 Å². The first kappa shape index (κ1) is 7.84. The molecule has 2 atom stereocenters. The van der Waals surface area contributed by atoms with Gasteiger partial charge in [0.2, 0.25) is 0 Å². The summed E-state index contributed by atoms with van der Waals surface area (Å²) in [5.41, 5.74) is 0. The lowest BCUT2D eigenvalue weighted by Gasteiger charge is -2.23. The van der Waals surface area contributed by atoms with Crippen LogP contribution in [0.25, 0.3) is 0 Å². The number of oxazole rings is 1. The summed E-state index contributed by atoms with van der Waals surface area (Å²) in [5, 5.41) is 0. The highest BCUT2D eigenvalue weighted by atomic mass is 16.3. The molecule has 2 unspecified atom stereocenters. The molecule has 66 valence electrons. The van der Waals surface area contributed by atoms with E-state index in [0.717, 1.165) is 11.8 Å². The smallest absolute Gasteiger partial charge is 0.197 e. The van der Waals surface area contributed by atoms with Crippen molar-refractivity contribution in [2.75, 3.05) is 0 Å². The largest absolute Gasteiger partial charge is 0.449 e. The van der Waals surface area contributed by atoms with Crippen LogP contribution in [0, 0.1) is 5.92 Å². The van der Waals surface area contributed by atoms with Gasteiger partial charge >= 0.3 is 0 Å². The molecule has 0 aromatic carbocycles. The van der Waals surface area contributed by atoms with Crippen LogP contribution in [0.1, 0.15) is 44.4 Å². The van der Waals surface area contributed by atoms with Crippen molar-refractivity contribution in [1.82, 2.24) is 4.98 Å². The van der Waals surface area contributed by atoms with Gasteiger partial charge in [0.05, 0.1) is 6.20 Å². The molecule has 1 aliphatic carbocycles. The van der Waals surface area contributed by atoms with Crippen LogP contribution in [0.2, 0.25) is 0 Å². The van der Waals surface area contributed by atoms with Gasteiger partial charge in [0.15, 0.2) is 5.89 Å². The fraction of sp³-hybridized carbons (Fsp3) is 0.700. The Labute approximate surface area is 73.0 Å². The van der Waals surface area contributed by atoms with Crippen LogP contribution in [0.3, 0.4) is 0 Å². The summed E-state index contributed by atoms with van der Waals surface area (Å²) in [4.78, 5) is 4.21. The van der Waals surface area contributed by atoms with Crippen LogP contribution in [0.15, 0.2) is 16.9 Å². The van der Waals surface area contributed by atoms with Crippen LogP contribution in [0.4, 0.5) is 0 Å². The van der Waals surface area contributed by atoms with Gasteiger partial charge in [-0.05, 0) is 18.8 Å². The molecule has 0 N–H and O–H groups in total. The van der Waals surface area contributed by atoms with Gasteiger partial charge < -0.3 is 4.42 Å².